The van der Waals surface area contributed by atoms with Gasteiger partial charge in [0.15, 0.2) is 6.04 Å². The van der Waals surface area contributed by atoms with Crippen LogP contribution in [0.25, 0.3) is 0 Å². The van der Waals surface area contributed by atoms with Gasteiger partial charge < -0.3 is 19.9 Å². The molecule has 0 saturated carbocycles. The standard InChI is InChI=1S/C20H21NO5/c22-19(21-18(20(23)24)14-5-2-1-3-6-14)15-8-10-16(11-9-15)26-13-17-7-4-12-25-17/h1-3,5-6,8-11,17-18H,4,7,12-13H2,(H,21,22)(H,23,24). The smallest absolute Gasteiger partial charge is 0.330 e. The number of hydrogen-bond acceptors (Lipinski definition) is 4. The lowest BCUT2D eigenvalue weighted by Crippen LogP contribution is -2.33. The molecule has 136 valence electrons. The molecule has 2 N–H and O–H groups in total. The topological polar surface area (TPSA) is 84.9 Å². The average Bonchev–Trinajstić information content (AvgIpc) is 3.19. The number of benzene rings is 2. The Labute approximate surface area is 151 Å². The Bertz CT molecular complexity index is 739. The summed E-state index contributed by atoms with van der Waals surface area (Å²) in [6, 6.07) is 14.1. The Kier molecular flexibility index (Phi) is 5.86. The molecular weight excluding hydrogens is 334 g/mol. The van der Waals surface area contributed by atoms with E-state index in [2.05, 4.69) is 5.32 Å². The first kappa shape index (κ1) is 17.9. The summed E-state index contributed by atoms with van der Waals surface area (Å²) in [5.74, 6) is -0.914. The largest absolute Gasteiger partial charge is 0.491 e. The number of aliphatic carboxylic acids is 1. The lowest BCUT2D eigenvalue weighted by atomic mass is 10.1. The maximum absolute atomic E-state index is 12.4. The molecule has 0 spiro atoms. The molecule has 2 aromatic carbocycles. The van der Waals surface area contributed by atoms with Crippen LogP contribution >= 0.6 is 0 Å². The summed E-state index contributed by atoms with van der Waals surface area (Å²) in [7, 11) is 0. The zero-order valence-electron chi connectivity index (χ0n) is 14.3. The van der Waals surface area contributed by atoms with Gasteiger partial charge in [0, 0.05) is 12.2 Å². The Balaban J connectivity index is 1.60. The van der Waals surface area contributed by atoms with E-state index in [0.29, 0.717) is 23.5 Å². The van der Waals surface area contributed by atoms with E-state index >= 15 is 0 Å². The zero-order valence-corrected chi connectivity index (χ0v) is 14.3. The number of carboxylic acid groups (broad SMARTS) is 1. The van der Waals surface area contributed by atoms with E-state index in [1.165, 1.54) is 0 Å². The number of carbonyl (C=O) groups is 2. The van der Waals surface area contributed by atoms with Crippen molar-refractivity contribution in [1.29, 1.82) is 0 Å². The first-order chi connectivity index (χ1) is 12.6. The van der Waals surface area contributed by atoms with Crippen LogP contribution in [0.1, 0.15) is 34.8 Å². The summed E-state index contributed by atoms with van der Waals surface area (Å²) in [5, 5.41) is 11.9. The highest BCUT2D eigenvalue weighted by Crippen LogP contribution is 2.18. The molecule has 0 aromatic heterocycles. The van der Waals surface area contributed by atoms with Crippen LogP contribution < -0.4 is 10.1 Å². The maximum Gasteiger partial charge on any atom is 0.330 e. The molecule has 0 radical (unpaired) electrons. The first-order valence-electron chi connectivity index (χ1n) is 8.56. The van der Waals surface area contributed by atoms with E-state index in [4.69, 9.17) is 9.47 Å². The fourth-order valence-electron chi connectivity index (χ4n) is 2.82. The molecule has 1 aliphatic rings. The van der Waals surface area contributed by atoms with Gasteiger partial charge in [-0.2, -0.15) is 0 Å². The summed E-state index contributed by atoms with van der Waals surface area (Å²) in [5.41, 5.74) is 0.890. The molecular formula is C20H21NO5. The molecule has 6 nitrogen and oxygen atoms in total. The minimum atomic E-state index is -1.11. The van der Waals surface area contributed by atoms with Crippen molar-refractivity contribution in [3.05, 3.63) is 65.7 Å². The quantitative estimate of drug-likeness (QED) is 0.798. The predicted octanol–water partition coefficient (Wildman–Crippen LogP) is 2.80. The van der Waals surface area contributed by atoms with E-state index in [0.717, 1.165) is 19.4 Å². The minimum absolute atomic E-state index is 0.125. The van der Waals surface area contributed by atoms with Gasteiger partial charge in [-0.05, 0) is 42.7 Å². The molecule has 1 heterocycles. The summed E-state index contributed by atoms with van der Waals surface area (Å²) in [6.45, 7) is 1.26. The Morgan fingerprint density at radius 2 is 1.88 bits per heavy atom. The normalized spacial score (nSPS) is 17.5. The Morgan fingerprint density at radius 3 is 2.50 bits per heavy atom. The molecule has 1 amide bonds. The second-order valence-electron chi connectivity index (χ2n) is 6.13. The number of carbonyl (C=O) groups excluding carboxylic acids is 1. The second kappa shape index (κ2) is 8.49. The van der Waals surface area contributed by atoms with Gasteiger partial charge in [0.05, 0.1) is 6.10 Å². The SMILES string of the molecule is O=C(NC(C(=O)O)c1ccccc1)c1ccc(OCC2CCCO2)cc1. The maximum atomic E-state index is 12.4. The van der Waals surface area contributed by atoms with Crippen molar-refractivity contribution >= 4 is 11.9 Å². The molecule has 6 heteroatoms. The number of hydrogen-bond donors (Lipinski definition) is 2. The lowest BCUT2D eigenvalue weighted by molar-refractivity contribution is -0.139. The average molecular weight is 355 g/mol. The Morgan fingerprint density at radius 1 is 1.15 bits per heavy atom. The van der Waals surface area contributed by atoms with Crippen molar-refractivity contribution in [3.63, 3.8) is 0 Å². The first-order valence-corrected chi connectivity index (χ1v) is 8.56. The highest BCUT2D eigenvalue weighted by Gasteiger charge is 2.22. The number of ether oxygens (including phenoxy) is 2. The molecule has 1 fully saturated rings. The third-order valence-electron chi connectivity index (χ3n) is 4.23. The van der Waals surface area contributed by atoms with Crippen molar-refractivity contribution in [2.75, 3.05) is 13.2 Å². The van der Waals surface area contributed by atoms with Crippen LogP contribution in [-0.4, -0.2) is 36.3 Å². The van der Waals surface area contributed by atoms with Crippen molar-refractivity contribution in [2.24, 2.45) is 0 Å². The van der Waals surface area contributed by atoms with Crippen molar-refractivity contribution < 1.29 is 24.2 Å². The van der Waals surface area contributed by atoms with Crippen molar-refractivity contribution in [1.82, 2.24) is 5.32 Å². The van der Waals surface area contributed by atoms with Crippen LogP contribution in [0.2, 0.25) is 0 Å². The van der Waals surface area contributed by atoms with E-state index in [-0.39, 0.29) is 6.10 Å². The van der Waals surface area contributed by atoms with Crippen molar-refractivity contribution in [3.8, 4) is 5.75 Å². The van der Waals surface area contributed by atoms with Crippen LogP contribution in [0.15, 0.2) is 54.6 Å². The van der Waals surface area contributed by atoms with E-state index < -0.39 is 17.9 Å². The van der Waals surface area contributed by atoms with Crippen LogP contribution in [0.4, 0.5) is 0 Å². The van der Waals surface area contributed by atoms with Gasteiger partial charge in [-0.25, -0.2) is 4.79 Å². The van der Waals surface area contributed by atoms with Crippen LogP contribution in [0, 0.1) is 0 Å². The fourth-order valence-corrected chi connectivity index (χ4v) is 2.82. The van der Waals surface area contributed by atoms with Crippen molar-refractivity contribution in [2.45, 2.75) is 25.0 Å². The van der Waals surface area contributed by atoms with Gasteiger partial charge in [-0.1, -0.05) is 30.3 Å². The molecule has 3 rings (SSSR count). The summed E-state index contributed by atoms with van der Waals surface area (Å²) >= 11 is 0. The van der Waals surface area contributed by atoms with Gasteiger partial charge >= 0.3 is 5.97 Å². The third-order valence-corrected chi connectivity index (χ3v) is 4.23. The minimum Gasteiger partial charge on any atom is -0.491 e. The molecule has 2 atom stereocenters. The van der Waals surface area contributed by atoms with E-state index in [1.54, 1.807) is 54.6 Å². The van der Waals surface area contributed by atoms with Crippen LogP contribution in [-0.2, 0) is 9.53 Å². The fraction of sp³-hybridized carbons (Fsp3) is 0.300. The summed E-state index contributed by atoms with van der Waals surface area (Å²) in [4.78, 5) is 23.9. The van der Waals surface area contributed by atoms with Gasteiger partial charge in [-0.15, -0.1) is 0 Å². The number of rotatable bonds is 7. The summed E-state index contributed by atoms with van der Waals surface area (Å²) in [6.07, 6.45) is 2.18. The van der Waals surface area contributed by atoms with E-state index in [1.807, 2.05) is 0 Å². The highest BCUT2D eigenvalue weighted by molar-refractivity contribution is 5.96. The highest BCUT2D eigenvalue weighted by atomic mass is 16.5. The van der Waals surface area contributed by atoms with Gasteiger partial charge in [0.2, 0.25) is 0 Å². The van der Waals surface area contributed by atoms with Crippen LogP contribution in [0.3, 0.4) is 0 Å². The van der Waals surface area contributed by atoms with Gasteiger partial charge in [-0.3, -0.25) is 4.79 Å². The predicted molar refractivity (Wildman–Crippen MR) is 95.2 cm³/mol. The number of amides is 1. The molecule has 2 unspecified atom stereocenters. The zero-order chi connectivity index (χ0) is 18.4. The third kappa shape index (κ3) is 4.61. The Hall–Kier alpha value is -2.86. The van der Waals surface area contributed by atoms with Gasteiger partial charge in [0.1, 0.15) is 12.4 Å². The van der Waals surface area contributed by atoms with Gasteiger partial charge in [0.25, 0.3) is 5.91 Å². The molecule has 0 bridgehead atoms. The second-order valence-corrected chi connectivity index (χ2v) is 6.13. The molecule has 26 heavy (non-hydrogen) atoms. The number of carboxylic acids is 1. The lowest BCUT2D eigenvalue weighted by Gasteiger charge is -2.15. The molecule has 1 aliphatic heterocycles. The monoisotopic (exact) mass is 355 g/mol. The molecule has 2 aromatic rings. The molecule has 0 aliphatic carbocycles. The van der Waals surface area contributed by atoms with Crippen LogP contribution in [0.5, 0.6) is 5.75 Å². The van der Waals surface area contributed by atoms with E-state index in [9.17, 15) is 14.7 Å². The molecule has 1 saturated heterocycles. The summed E-state index contributed by atoms with van der Waals surface area (Å²) < 4.78 is 11.2. The number of nitrogens with one attached hydrogen (secondary N) is 1.